The Morgan fingerprint density at radius 2 is 1.48 bits per heavy atom. The van der Waals surface area contributed by atoms with E-state index in [1.54, 1.807) is 12.1 Å². The van der Waals surface area contributed by atoms with Crippen LogP contribution in [0.1, 0.15) is 29.8 Å². The van der Waals surface area contributed by atoms with Crippen LogP contribution in [0.2, 0.25) is 0 Å². The number of hydrogen-bond donors (Lipinski definition) is 3. The largest absolute Gasteiger partial charge is 0.492 e. The summed E-state index contributed by atoms with van der Waals surface area (Å²) in [5, 5.41) is 9.49. The quantitative estimate of drug-likeness (QED) is 0.353. The van der Waals surface area contributed by atoms with Gasteiger partial charge in [0.05, 0.1) is 24.6 Å². The van der Waals surface area contributed by atoms with E-state index in [1.165, 1.54) is 24.3 Å². The van der Waals surface area contributed by atoms with E-state index in [2.05, 4.69) is 16.0 Å². The summed E-state index contributed by atoms with van der Waals surface area (Å²) in [7, 11) is 0. The van der Waals surface area contributed by atoms with Crippen molar-refractivity contribution in [2.45, 2.75) is 20.8 Å². The van der Waals surface area contributed by atoms with Crippen molar-refractivity contribution in [1.82, 2.24) is 0 Å². The van der Waals surface area contributed by atoms with E-state index < -0.39 is 11.7 Å². The van der Waals surface area contributed by atoms with Crippen molar-refractivity contribution < 1.29 is 18.7 Å². The normalized spacial score (nSPS) is 10.3. The van der Waals surface area contributed by atoms with Gasteiger partial charge in [-0.1, -0.05) is 12.1 Å². The number of thiocarbonyl (C=S) groups is 1. The van der Waals surface area contributed by atoms with E-state index in [9.17, 15) is 9.18 Å². The Balaban J connectivity index is 1.86. The van der Waals surface area contributed by atoms with Crippen molar-refractivity contribution in [3.63, 3.8) is 0 Å². The molecule has 0 aliphatic rings. The van der Waals surface area contributed by atoms with Crippen LogP contribution in [0, 0.1) is 12.7 Å². The molecule has 172 valence electrons. The van der Waals surface area contributed by atoms with Crippen LogP contribution >= 0.6 is 12.2 Å². The summed E-state index contributed by atoms with van der Waals surface area (Å²) in [6, 6.07) is 16.5. The molecule has 3 N–H and O–H groups in total. The van der Waals surface area contributed by atoms with Crippen molar-refractivity contribution >= 4 is 40.3 Å². The first-order chi connectivity index (χ1) is 15.9. The van der Waals surface area contributed by atoms with Crippen LogP contribution in [-0.4, -0.2) is 24.2 Å². The molecule has 8 heteroatoms. The Bertz CT molecular complexity index is 1140. The van der Waals surface area contributed by atoms with Gasteiger partial charge in [-0.3, -0.25) is 4.79 Å². The minimum absolute atomic E-state index is 0.322. The van der Waals surface area contributed by atoms with Crippen LogP contribution in [0.3, 0.4) is 0 Å². The van der Waals surface area contributed by atoms with Gasteiger partial charge in [-0.05, 0) is 75.0 Å². The number of carbonyl (C=O) groups excluding carboxylic acids is 1. The Labute approximate surface area is 198 Å². The number of rotatable bonds is 8. The molecule has 0 saturated heterocycles. The predicted molar refractivity (Wildman–Crippen MR) is 134 cm³/mol. The van der Waals surface area contributed by atoms with Gasteiger partial charge in [0, 0.05) is 23.4 Å². The Morgan fingerprint density at radius 3 is 2.06 bits per heavy atom. The zero-order valence-electron chi connectivity index (χ0n) is 18.7. The second-order valence-electron chi connectivity index (χ2n) is 7.12. The lowest BCUT2D eigenvalue weighted by Crippen LogP contribution is -2.20. The average Bonchev–Trinajstić information content (AvgIpc) is 2.77. The Kier molecular flexibility index (Phi) is 8.21. The maximum absolute atomic E-state index is 13.2. The summed E-state index contributed by atoms with van der Waals surface area (Å²) in [4.78, 5) is 12.7. The van der Waals surface area contributed by atoms with Crippen molar-refractivity contribution in [3.8, 4) is 11.5 Å². The maximum atomic E-state index is 13.2. The lowest BCUT2D eigenvalue weighted by Gasteiger charge is -2.19. The summed E-state index contributed by atoms with van der Waals surface area (Å²) in [5.41, 5.74) is 3.31. The SMILES string of the molecule is CCOc1cc(NC(=S)Nc2cccc(C)c2)c(OCC)cc1NC(=O)c1ccc(F)cc1. The van der Waals surface area contributed by atoms with E-state index in [1.807, 2.05) is 45.0 Å². The third kappa shape index (κ3) is 6.66. The highest BCUT2D eigenvalue weighted by atomic mass is 32.1. The van der Waals surface area contributed by atoms with Gasteiger partial charge in [-0.15, -0.1) is 0 Å². The fourth-order valence-corrected chi connectivity index (χ4v) is 3.34. The molecule has 0 fully saturated rings. The molecule has 0 aromatic heterocycles. The van der Waals surface area contributed by atoms with Crippen LogP contribution in [0.4, 0.5) is 21.5 Å². The number of benzene rings is 3. The van der Waals surface area contributed by atoms with Crippen LogP contribution in [-0.2, 0) is 0 Å². The third-order valence-corrected chi connectivity index (χ3v) is 4.76. The van der Waals surface area contributed by atoms with Crippen LogP contribution < -0.4 is 25.4 Å². The second-order valence-corrected chi connectivity index (χ2v) is 7.53. The van der Waals surface area contributed by atoms with Gasteiger partial charge < -0.3 is 25.4 Å². The highest BCUT2D eigenvalue weighted by molar-refractivity contribution is 7.80. The minimum atomic E-state index is -0.411. The molecule has 3 rings (SSSR count). The molecule has 33 heavy (non-hydrogen) atoms. The smallest absolute Gasteiger partial charge is 0.255 e. The maximum Gasteiger partial charge on any atom is 0.255 e. The number of amides is 1. The highest BCUT2D eigenvalue weighted by Gasteiger charge is 2.16. The molecule has 1 amide bonds. The molecule has 0 aliphatic heterocycles. The molecule has 0 unspecified atom stereocenters. The molecule has 0 spiro atoms. The summed E-state index contributed by atoms with van der Waals surface area (Å²) in [5.74, 6) is 0.127. The lowest BCUT2D eigenvalue weighted by molar-refractivity contribution is 0.102. The molecule has 0 saturated carbocycles. The summed E-state index contributed by atoms with van der Waals surface area (Å²) < 4.78 is 24.7. The van der Waals surface area contributed by atoms with E-state index in [4.69, 9.17) is 21.7 Å². The highest BCUT2D eigenvalue weighted by Crippen LogP contribution is 2.37. The van der Waals surface area contributed by atoms with Gasteiger partial charge in [-0.25, -0.2) is 4.39 Å². The summed E-state index contributed by atoms with van der Waals surface area (Å²) in [6.45, 7) is 6.51. The molecule has 0 aliphatic carbocycles. The first kappa shape index (κ1) is 24.0. The fourth-order valence-electron chi connectivity index (χ4n) is 3.11. The number of ether oxygens (including phenoxy) is 2. The molecule has 3 aromatic carbocycles. The zero-order valence-corrected chi connectivity index (χ0v) is 19.5. The van der Waals surface area contributed by atoms with E-state index in [0.29, 0.717) is 46.8 Å². The topological polar surface area (TPSA) is 71.6 Å². The number of nitrogens with one attached hydrogen (secondary N) is 3. The summed E-state index contributed by atoms with van der Waals surface area (Å²) in [6.07, 6.45) is 0. The number of carbonyl (C=O) groups is 1. The van der Waals surface area contributed by atoms with Crippen LogP contribution in [0.5, 0.6) is 11.5 Å². The number of anilines is 3. The fraction of sp³-hybridized carbons (Fsp3) is 0.200. The van der Waals surface area contributed by atoms with Gasteiger partial charge in [0.2, 0.25) is 0 Å². The van der Waals surface area contributed by atoms with E-state index in [0.717, 1.165) is 11.3 Å². The van der Waals surface area contributed by atoms with E-state index in [-0.39, 0.29) is 0 Å². The molecule has 0 radical (unpaired) electrons. The standard InChI is InChI=1S/C25H26FN3O3S/c1-4-31-22-15-21(29-25(33)27-19-8-6-7-16(3)13-19)23(32-5-2)14-20(22)28-24(30)17-9-11-18(26)12-10-17/h6-15H,4-5H2,1-3H3,(H,28,30)(H2,27,29,33). The monoisotopic (exact) mass is 467 g/mol. The molecular weight excluding hydrogens is 441 g/mol. The lowest BCUT2D eigenvalue weighted by atomic mass is 10.2. The van der Waals surface area contributed by atoms with Crippen molar-refractivity contribution in [2.75, 3.05) is 29.2 Å². The van der Waals surface area contributed by atoms with Gasteiger partial charge in [0.1, 0.15) is 17.3 Å². The first-order valence-electron chi connectivity index (χ1n) is 10.5. The Hall–Kier alpha value is -3.65. The van der Waals surface area contributed by atoms with Gasteiger partial charge >= 0.3 is 0 Å². The van der Waals surface area contributed by atoms with Gasteiger partial charge in [0.25, 0.3) is 5.91 Å². The van der Waals surface area contributed by atoms with Crippen molar-refractivity contribution in [2.24, 2.45) is 0 Å². The van der Waals surface area contributed by atoms with Crippen LogP contribution in [0.25, 0.3) is 0 Å². The first-order valence-corrected chi connectivity index (χ1v) is 11.0. The van der Waals surface area contributed by atoms with Gasteiger partial charge in [0.15, 0.2) is 5.11 Å². The number of halogens is 1. The number of aryl methyl sites for hydroxylation is 1. The average molecular weight is 468 g/mol. The van der Waals surface area contributed by atoms with E-state index >= 15 is 0 Å². The Morgan fingerprint density at radius 1 is 0.879 bits per heavy atom. The predicted octanol–water partition coefficient (Wildman–Crippen LogP) is 5.99. The van der Waals surface area contributed by atoms with Crippen LogP contribution in [0.15, 0.2) is 60.7 Å². The van der Waals surface area contributed by atoms with Crippen molar-refractivity contribution in [1.29, 1.82) is 0 Å². The molecule has 0 heterocycles. The molecule has 0 atom stereocenters. The molecule has 6 nitrogen and oxygen atoms in total. The molecule has 0 bridgehead atoms. The zero-order chi connectivity index (χ0) is 23.8. The van der Waals surface area contributed by atoms with Crippen molar-refractivity contribution in [3.05, 3.63) is 77.6 Å². The van der Waals surface area contributed by atoms with Gasteiger partial charge in [-0.2, -0.15) is 0 Å². The molecule has 3 aromatic rings. The second kappa shape index (κ2) is 11.3. The number of hydrogen-bond acceptors (Lipinski definition) is 4. The minimum Gasteiger partial charge on any atom is -0.492 e. The third-order valence-electron chi connectivity index (χ3n) is 4.56. The summed E-state index contributed by atoms with van der Waals surface area (Å²) >= 11 is 5.47. The molecular formula is C25H26FN3O3S.